The Hall–Kier alpha value is -7.22. The fraction of sp³-hybridized carbons (Fsp3) is 0. The van der Waals surface area contributed by atoms with E-state index >= 15 is 0 Å². The summed E-state index contributed by atoms with van der Waals surface area (Å²) in [6, 6.07) is 81.3. The highest BCUT2D eigenvalue weighted by atomic mass is 15.1. The van der Waals surface area contributed by atoms with E-state index in [-0.39, 0.29) is 0 Å². The van der Waals surface area contributed by atoms with Crippen LogP contribution in [-0.4, -0.2) is 0 Å². The quantitative estimate of drug-likeness (QED) is 0.150. The van der Waals surface area contributed by atoms with Crippen LogP contribution in [0, 0.1) is 0 Å². The van der Waals surface area contributed by atoms with E-state index in [2.05, 4.69) is 229 Å². The Balaban J connectivity index is 1.17. The van der Waals surface area contributed by atoms with Gasteiger partial charge in [-0.3, -0.25) is 0 Å². The van der Waals surface area contributed by atoms with Crippen LogP contribution in [0.5, 0.6) is 0 Å². The third-order valence-corrected chi connectivity index (χ3v) is 10.9. The zero-order valence-electron chi connectivity index (χ0n) is 30.3. The number of hydrogen-bond donors (Lipinski definition) is 0. The molecule has 0 saturated carbocycles. The lowest BCUT2D eigenvalue weighted by atomic mass is 9.85. The lowest BCUT2D eigenvalue weighted by molar-refractivity contribution is 1.30. The van der Waals surface area contributed by atoms with Gasteiger partial charge < -0.3 is 4.90 Å². The molecule has 10 aromatic carbocycles. The van der Waals surface area contributed by atoms with Gasteiger partial charge in [0.05, 0.1) is 5.69 Å². The Morgan fingerprint density at radius 1 is 0.218 bits per heavy atom. The molecule has 10 aromatic rings. The lowest BCUT2D eigenvalue weighted by Crippen LogP contribution is -2.10. The van der Waals surface area contributed by atoms with Crippen LogP contribution in [0.25, 0.3) is 76.8 Å². The maximum Gasteiger partial charge on any atom is 0.0540 e. The van der Waals surface area contributed by atoms with Crippen LogP contribution in [0.4, 0.5) is 17.1 Å². The second-order valence-electron chi connectivity index (χ2n) is 14.0. The molecule has 0 spiro atoms. The van der Waals surface area contributed by atoms with Gasteiger partial charge in [-0.15, -0.1) is 0 Å². The molecule has 0 fully saturated rings. The molecule has 0 bridgehead atoms. The molecule has 1 heteroatoms. The molecule has 0 amide bonds. The average Bonchev–Trinajstić information content (AvgIpc) is 3.27. The fourth-order valence-electron chi connectivity index (χ4n) is 8.33. The smallest absolute Gasteiger partial charge is 0.0540 e. The molecule has 0 aliphatic rings. The highest BCUT2D eigenvalue weighted by Crippen LogP contribution is 2.46. The summed E-state index contributed by atoms with van der Waals surface area (Å²) < 4.78 is 0. The summed E-state index contributed by atoms with van der Waals surface area (Å²) in [6.07, 6.45) is 0. The summed E-state index contributed by atoms with van der Waals surface area (Å²) in [4.78, 5) is 2.41. The van der Waals surface area contributed by atoms with Gasteiger partial charge in [0.1, 0.15) is 0 Å². The highest BCUT2D eigenvalue weighted by molar-refractivity contribution is 6.21. The monoisotopic (exact) mass is 699 g/mol. The molecule has 0 aromatic heterocycles. The molecule has 10 rings (SSSR count). The number of anilines is 3. The van der Waals surface area contributed by atoms with Crippen molar-refractivity contribution in [2.75, 3.05) is 4.90 Å². The summed E-state index contributed by atoms with van der Waals surface area (Å²) in [7, 11) is 0. The Morgan fingerprint density at radius 3 is 1.11 bits per heavy atom. The highest BCUT2D eigenvalue weighted by Gasteiger charge is 2.20. The Bertz CT molecular complexity index is 2930. The second kappa shape index (κ2) is 14.0. The summed E-state index contributed by atoms with van der Waals surface area (Å²) in [6.45, 7) is 0. The van der Waals surface area contributed by atoms with E-state index < -0.39 is 0 Å². The Labute approximate surface area is 322 Å². The van der Waals surface area contributed by atoms with Crippen molar-refractivity contribution < 1.29 is 0 Å². The molecular weight excluding hydrogens is 663 g/mol. The van der Waals surface area contributed by atoms with Gasteiger partial charge >= 0.3 is 0 Å². The van der Waals surface area contributed by atoms with E-state index in [0.29, 0.717) is 0 Å². The van der Waals surface area contributed by atoms with Gasteiger partial charge in [-0.1, -0.05) is 194 Å². The van der Waals surface area contributed by atoms with Gasteiger partial charge in [0.25, 0.3) is 0 Å². The minimum atomic E-state index is 1.10. The van der Waals surface area contributed by atoms with Gasteiger partial charge in [-0.05, 0) is 102 Å². The summed E-state index contributed by atoms with van der Waals surface area (Å²) in [5.74, 6) is 0. The SMILES string of the molecule is c1ccc(-c2ccc(N(c3ccc(-c4c(-c5ccccc5)c5ccccc5c5ccccc45)cc3)c3ccc(-c4ccccc4)c4ccccc34)cc2)cc1. The largest absolute Gasteiger partial charge is 0.310 e. The van der Waals surface area contributed by atoms with Crippen LogP contribution < -0.4 is 4.90 Å². The third kappa shape index (κ3) is 5.84. The van der Waals surface area contributed by atoms with Crippen LogP contribution in [0.2, 0.25) is 0 Å². The van der Waals surface area contributed by atoms with E-state index in [9.17, 15) is 0 Å². The molecule has 1 nitrogen and oxygen atoms in total. The molecule has 55 heavy (non-hydrogen) atoms. The predicted molar refractivity (Wildman–Crippen MR) is 235 cm³/mol. The van der Waals surface area contributed by atoms with Crippen molar-refractivity contribution >= 4 is 49.4 Å². The van der Waals surface area contributed by atoms with Gasteiger partial charge in [0, 0.05) is 16.8 Å². The van der Waals surface area contributed by atoms with E-state index in [1.165, 1.54) is 76.8 Å². The first-order chi connectivity index (χ1) is 27.3. The first-order valence-corrected chi connectivity index (χ1v) is 18.9. The van der Waals surface area contributed by atoms with Gasteiger partial charge in [-0.2, -0.15) is 0 Å². The average molecular weight is 700 g/mol. The summed E-state index contributed by atoms with van der Waals surface area (Å²) in [5, 5.41) is 7.48. The zero-order chi connectivity index (χ0) is 36.6. The number of fused-ring (bicyclic) bond motifs is 4. The number of hydrogen-bond acceptors (Lipinski definition) is 1. The summed E-state index contributed by atoms with van der Waals surface area (Å²) in [5.41, 5.74) is 13.1. The topological polar surface area (TPSA) is 3.24 Å². The zero-order valence-corrected chi connectivity index (χ0v) is 30.3. The van der Waals surface area contributed by atoms with E-state index in [4.69, 9.17) is 0 Å². The van der Waals surface area contributed by atoms with Gasteiger partial charge in [-0.25, -0.2) is 0 Å². The molecule has 0 aliphatic carbocycles. The third-order valence-electron chi connectivity index (χ3n) is 10.9. The number of rotatable bonds is 7. The number of benzene rings is 10. The molecule has 0 heterocycles. The minimum Gasteiger partial charge on any atom is -0.310 e. The molecule has 0 radical (unpaired) electrons. The van der Waals surface area contributed by atoms with E-state index in [1.807, 2.05) is 0 Å². The molecule has 0 aliphatic heterocycles. The standard InChI is InChI=1S/C54H37N/c1-4-16-38(17-5-1)39-28-32-43(33-29-39)55(52-37-36-45(40-18-6-2-7-19-40)46-22-10-13-25-49(46)52)44-34-30-42(31-35-44)54-51-27-15-12-24-48(51)47-23-11-14-26-50(47)53(54)41-20-8-3-9-21-41/h1-37H. The van der Waals surface area contributed by atoms with Crippen LogP contribution in [0.15, 0.2) is 224 Å². The molecule has 0 unspecified atom stereocenters. The van der Waals surface area contributed by atoms with E-state index in [1.54, 1.807) is 0 Å². The normalized spacial score (nSPS) is 11.3. The maximum atomic E-state index is 2.41. The molecule has 0 atom stereocenters. The van der Waals surface area contributed by atoms with Crippen molar-refractivity contribution in [1.29, 1.82) is 0 Å². The van der Waals surface area contributed by atoms with Crippen LogP contribution in [0.1, 0.15) is 0 Å². The lowest BCUT2D eigenvalue weighted by Gasteiger charge is -2.28. The van der Waals surface area contributed by atoms with Crippen LogP contribution in [0.3, 0.4) is 0 Å². The predicted octanol–water partition coefficient (Wildman–Crippen LogP) is 15.3. The summed E-state index contributed by atoms with van der Waals surface area (Å²) >= 11 is 0. The van der Waals surface area contributed by atoms with Crippen molar-refractivity contribution in [2.45, 2.75) is 0 Å². The molecular formula is C54H37N. The van der Waals surface area contributed by atoms with Crippen molar-refractivity contribution in [3.05, 3.63) is 224 Å². The number of nitrogens with zero attached hydrogens (tertiary/aromatic N) is 1. The van der Waals surface area contributed by atoms with Crippen molar-refractivity contribution in [3.63, 3.8) is 0 Å². The minimum absolute atomic E-state index is 1.10. The second-order valence-corrected chi connectivity index (χ2v) is 14.0. The van der Waals surface area contributed by atoms with Crippen molar-refractivity contribution in [2.24, 2.45) is 0 Å². The molecule has 0 N–H and O–H groups in total. The first-order valence-electron chi connectivity index (χ1n) is 18.9. The first kappa shape index (κ1) is 32.4. The Kier molecular flexibility index (Phi) is 8.24. The van der Waals surface area contributed by atoms with Crippen molar-refractivity contribution in [1.82, 2.24) is 0 Å². The molecule has 258 valence electrons. The van der Waals surface area contributed by atoms with Crippen LogP contribution in [-0.2, 0) is 0 Å². The van der Waals surface area contributed by atoms with E-state index in [0.717, 1.165) is 17.1 Å². The maximum absolute atomic E-state index is 2.41. The fourth-order valence-corrected chi connectivity index (χ4v) is 8.33. The van der Waals surface area contributed by atoms with Gasteiger partial charge in [0.15, 0.2) is 0 Å². The van der Waals surface area contributed by atoms with Gasteiger partial charge in [0.2, 0.25) is 0 Å². The molecule has 0 saturated heterocycles. The Morgan fingerprint density at radius 2 is 0.582 bits per heavy atom. The van der Waals surface area contributed by atoms with Crippen molar-refractivity contribution in [3.8, 4) is 44.5 Å². The van der Waals surface area contributed by atoms with Crippen LogP contribution >= 0.6 is 0 Å².